The molecule has 1 rings (SSSR count). The molecule has 0 N–H and O–H groups in total. The molecular formula is C8H10F6O2. The Bertz CT molecular complexity index is 244. The van der Waals surface area contributed by atoms with Gasteiger partial charge in [-0.3, -0.25) is 0 Å². The molecule has 0 aromatic carbocycles. The van der Waals surface area contributed by atoms with E-state index in [1.807, 2.05) is 0 Å². The highest BCUT2D eigenvalue weighted by Crippen LogP contribution is 2.51. The van der Waals surface area contributed by atoms with Crippen LogP contribution in [0.1, 0.15) is 20.3 Å². The van der Waals surface area contributed by atoms with Crippen LogP contribution in [0.5, 0.6) is 0 Å². The lowest BCUT2D eigenvalue weighted by Gasteiger charge is -2.31. The molecule has 2 atom stereocenters. The number of rotatable bonds is 1. The topological polar surface area (TPSA) is 18.5 Å². The summed E-state index contributed by atoms with van der Waals surface area (Å²) in [6.45, 7) is 2.54. The summed E-state index contributed by atoms with van der Waals surface area (Å²) in [5, 5.41) is 0. The summed E-state index contributed by atoms with van der Waals surface area (Å²) in [6.07, 6.45) is -13.8. The zero-order chi connectivity index (χ0) is 12.8. The van der Waals surface area contributed by atoms with Crippen LogP contribution in [0.25, 0.3) is 0 Å². The van der Waals surface area contributed by atoms with Crippen LogP contribution < -0.4 is 0 Å². The highest BCUT2D eigenvalue weighted by Gasteiger charge is 2.78. The summed E-state index contributed by atoms with van der Waals surface area (Å²) in [7, 11) is 0. The molecule has 0 radical (unpaired) electrons. The molecule has 16 heavy (non-hydrogen) atoms. The summed E-state index contributed by atoms with van der Waals surface area (Å²) in [6, 6.07) is 0. The summed E-state index contributed by atoms with van der Waals surface area (Å²) >= 11 is 0. The Morgan fingerprint density at radius 2 is 1.44 bits per heavy atom. The molecule has 1 fully saturated rings. The van der Waals surface area contributed by atoms with E-state index in [4.69, 9.17) is 0 Å². The van der Waals surface area contributed by atoms with Crippen LogP contribution in [0.3, 0.4) is 0 Å². The van der Waals surface area contributed by atoms with Gasteiger partial charge < -0.3 is 9.47 Å². The maximum Gasteiger partial charge on any atom is 0.453 e. The summed E-state index contributed by atoms with van der Waals surface area (Å²) in [5.74, 6) is -4.49. The zero-order valence-electron chi connectivity index (χ0n) is 8.45. The van der Waals surface area contributed by atoms with Crippen molar-refractivity contribution in [1.82, 2.24) is 0 Å². The van der Waals surface area contributed by atoms with E-state index in [0.717, 1.165) is 6.92 Å². The van der Waals surface area contributed by atoms with Crippen molar-refractivity contribution in [3.63, 3.8) is 0 Å². The Hall–Kier alpha value is -0.500. The first-order chi connectivity index (χ1) is 7.05. The molecule has 0 amide bonds. The van der Waals surface area contributed by atoms with E-state index < -0.39 is 30.3 Å². The molecule has 1 heterocycles. The lowest BCUT2D eigenvalue weighted by atomic mass is 10.2. The van der Waals surface area contributed by atoms with Gasteiger partial charge in [-0.25, -0.2) is 0 Å². The first-order valence-electron chi connectivity index (χ1n) is 4.54. The Labute approximate surface area is 87.5 Å². The minimum absolute atomic E-state index is 0.00900. The van der Waals surface area contributed by atoms with Crippen molar-refractivity contribution in [1.29, 1.82) is 0 Å². The molecule has 8 heteroatoms. The molecular weight excluding hydrogens is 242 g/mol. The second kappa shape index (κ2) is 3.76. The maximum absolute atomic E-state index is 12.4. The fourth-order valence-corrected chi connectivity index (χ4v) is 1.52. The van der Waals surface area contributed by atoms with E-state index in [1.54, 1.807) is 0 Å². The van der Waals surface area contributed by atoms with Gasteiger partial charge in [-0.1, -0.05) is 6.92 Å². The Balaban J connectivity index is 3.11. The molecule has 2 unspecified atom stereocenters. The predicted octanol–water partition coefficient (Wildman–Crippen LogP) is 3.02. The van der Waals surface area contributed by atoms with Gasteiger partial charge in [-0.15, -0.1) is 0 Å². The molecule has 1 aliphatic heterocycles. The van der Waals surface area contributed by atoms with Crippen molar-refractivity contribution in [3.8, 4) is 0 Å². The van der Waals surface area contributed by atoms with Gasteiger partial charge >= 0.3 is 18.1 Å². The first kappa shape index (κ1) is 13.6. The Morgan fingerprint density at radius 1 is 1.00 bits per heavy atom. The first-order valence-corrected chi connectivity index (χ1v) is 4.54. The highest BCUT2D eigenvalue weighted by atomic mass is 19.4. The molecule has 0 spiro atoms. The van der Waals surface area contributed by atoms with Crippen molar-refractivity contribution in [2.24, 2.45) is 0 Å². The Kier molecular flexibility index (Phi) is 3.19. The van der Waals surface area contributed by atoms with Gasteiger partial charge in [0, 0.05) is 0 Å². The standard InChI is InChI=1S/C8H10F6O2/c1-3-5-4(2)15-6(16-5,7(9,10)11)8(12,13)14/h4-5H,3H2,1-2H3. The third kappa shape index (κ3) is 1.88. The van der Waals surface area contributed by atoms with Crippen molar-refractivity contribution in [2.45, 2.75) is 50.6 Å². The van der Waals surface area contributed by atoms with Gasteiger partial charge in [0.05, 0.1) is 12.2 Å². The van der Waals surface area contributed by atoms with Crippen LogP contribution in [-0.4, -0.2) is 30.3 Å². The normalized spacial score (nSPS) is 30.8. The van der Waals surface area contributed by atoms with Gasteiger partial charge in [-0.2, -0.15) is 26.3 Å². The quantitative estimate of drug-likeness (QED) is 0.668. The number of ether oxygens (including phenoxy) is 2. The van der Waals surface area contributed by atoms with Crippen LogP contribution in [0.2, 0.25) is 0 Å². The molecule has 0 saturated carbocycles. The van der Waals surface area contributed by atoms with Crippen LogP contribution in [-0.2, 0) is 9.47 Å². The van der Waals surface area contributed by atoms with Gasteiger partial charge in [-0.05, 0) is 13.3 Å². The molecule has 0 aromatic heterocycles. The van der Waals surface area contributed by atoms with E-state index in [-0.39, 0.29) is 6.42 Å². The third-order valence-corrected chi connectivity index (χ3v) is 2.34. The number of halogens is 6. The van der Waals surface area contributed by atoms with E-state index in [9.17, 15) is 26.3 Å². The molecule has 96 valence electrons. The lowest BCUT2D eigenvalue weighted by Crippen LogP contribution is -2.58. The average molecular weight is 252 g/mol. The fourth-order valence-electron chi connectivity index (χ4n) is 1.52. The number of hydrogen-bond acceptors (Lipinski definition) is 2. The van der Waals surface area contributed by atoms with Gasteiger partial charge in [0.2, 0.25) is 0 Å². The number of alkyl halides is 6. The molecule has 0 aromatic rings. The minimum atomic E-state index is -5.65. The SMILES string of the molecule is CCC1OC(C(F)(F)F)(C(F)(F)F)OC1C. The largest absolute Gasteiger partial charge is 0.453 e. The summed E-state index contributed by atoms with van der Waals surface area (Å²) in [5.41, 5.74) is 0. The number of hydrogen-bond donors (Lipinski definition) is 0. The summed E-state index contributed by atoms with van der Waals surface area (Å²) < 4.78 is 82.6. The van der Waals surface area contributed by atoms with Crippen LogP contribution in [0, 0.1) is 0 Å². The van der Waals surface area contributed by atoms with Gasteiger partial charge in [0.25, 0.3) is 0 Å². The van der Waals surface area contributed by atoms with E-state index in [0.29, 0.717) is 0 Å². The third-order valence-electron chi connectivity index (χ3n) is 2.34. The van der Waals surface area contributed by atoms with Crippen molar-refractivity contribution in [2.75, 3.05) is 0 Å². The molecule has 0 aliphatic carbocycles. The van der Waals surface area contributed by atoms with Crippen LogP contribution >= 0.6 is 0 Å². The Morgan fingerprint density at radius 3 is 1.62 bits per heavy atom. The van der Waals surface area contributed by atoms with Gasteiger partial charge in [0.15, 0.2) is 0 Å². The van der Waals surface area contributed by atoms with Crippen LogP contribution in [0.15, 0.2) is 0 Å². The van der Waals surface area contributed by atoms with Crippen LogP contribution in [0.4, 0.5) is 26.3 Å². The minimum Gasteiger partial charge on any atom is -0.330 e. The summed E-state index contributed by atoms with van der Waals surface area (Å²) in [4.78, 5) is 0. The second-order valence-corrected chi connectivity index (χ2v) is 3.50. The second-order valence-electron chi connectivity index (χ2n) is 3.50. The molecule has 0 bridgehead atoms. The van der Waals surface area contributed by atoms with E-state index in [2.05, 4.69) is 9.47 Å². The molecule has 2 nitrogen and oxygen atoms in total. The lowest BCUT2D eigenvalue weighted by molar-refractivity contribution is -0.445. The zero-order valence-corrected chi connectivity index (χ0v) is 8.45. The smallest absolute Gasteiger partial charge is 0.330 e. The van der Waals surface area contributed by atoms with E-state index >= 15 is 0 Å². The van der Waals surface area contributed by atoms with E-state index in [1.165, 1.54) is 6.92 Å². The van der Waals surface area contributed by atoms with Crippen molar-refractivity contribution < 1.29 is 35.8 Å². The maximum atomic E-state index is 12.4. The van der Waals surface area contributed by atoms with Crippen molar-refractivity contribution in [3.05, 3.63) is 0 Å². The molecule has 1 aliphatic rings. The monoisotopic (exact) mass is 252 g/mol. The molecule has 1 saturated heterocycles. The fraction of sp³-hybridized carbons (Fsp3) is 1.00. The predicted molar refractivity (Wildman–Crippen MR) is 40.6 cm³/mol. The average Bonchev–Trinajstić information content (AvgIpc) is 2.41. The van der Waals surface area contributed by atoms with Gasteiger partial charge in [0.1, 0.15) is 0 Å². The highest BCUT2D eigenvalue weighted by molar-refractivity contribution is 4.94. The van der Waals surface area contributed by atoms with Crippen molar-refractivity contribution >= 4 is 0 Å².